The van der Waals surface area contributed by atoms with Crippen molar-refractivity contribution in [3.63, 3.8) is 0 Å². The monoisotopic (exact) mass is 200 g/mol. The molecule has 0 aromatic heterocycles. The van der Waals surface area contributed by atoms with E-state index in [-0.39, 0.29) is 0 Å². The normalized spacial score (nSPS) is 48.7. The number of rotatable bonds is 0. The summed E-state index contributed by atoms with van der Waals surface area (Å²) in [5.41, 5.74) is 0. The van der Waals surface area contributed by atoms with E-state index in [4.69, 9.17) is 0 Å². The third kappa shape index (κ3) is 1.16. The van der Waals surface area contributed by atoms with Crippen molar-refractivity contribution >= 4 is 15.9 Å². The van der Waals surface area contributed by atoms with Crippen molar-refractivity contribution in [3.8, 4) is 0 Å². The van der Waals surface area contributed by atoms with Gasteiger partial charge in [-0.1, -0.05) is 34.5 Å². The fourth-order valence-corrected chi connectivity index (χ4v) is 2.86. The van der Waals surface area contributed by atoms with E-state index < -0.39 is 0 Å². The van der Waals surface area contributed by atoms with Gasteiger partial charge in [0.05, 0.1) is 0 Å². The van der Waals surface area contributed by atoms with Crippen molar-refractivity contribution in [1.82, 2.24) is 0 Å². The first kappa shape index (κ1) is 6.90. The second-order valence-electron chi connectivity index (χ2n) is 3.40. The molecule has 0 radical (unpaired) electrons. The van der Waals surface area contributed by atoms with Gasteiger partial charge in [-0.3, -0.25) is 0 Å². The first-order chi connectivity index (χ1) is 4.89. The van der Waals surface area contributed by atoms with Crippen molar-refractivity contribution in [1.29, 1.82) is 0 Å². The van der Waals surface area contributed by atoms with E-state index in [2.05, 4.69) is 28.1 Å². The van der Waals surface area contributed by atoms with Gasteiger partial charge in [0.1, 0.15) is 0 Å². The van der Waals surface area contributed by atoms with Crippen LogP contribution in [0.15, 0.2) is 12.2 Å². The van der Waals surface area contributed by atoms with Gasteiger partial charge in [-0.2, -0.15) is 0 Å². The molecule has 1 saturated carbocycles. The van der Waals surface area contributed by atoms with Crippen LogP contribution >= 0.6 is 15.9 Å². The molecule has 0 saturated heterocycles. The first-order valence-corrected chi connectivity index (χ1v) is 5.12. The van der Waals surface area contributed by atoms with Crippen LogP contribution in [-0.2, 0) is 0 Å². The maximum Gasteiger partial charge on any atom is 0.0245 e. The molecular formula is C9H13Br. The van der Waals surface area contributed by atoms with E-state index >= 15 is 0 Å². The van der Waals surface area contributed by atoms with Crippen LogP contribution in [0.5, 0.6) is 0 Å². The van der Waals surface area contributed by atoms with Gasteiger partial charge in [0.2, 0.25) is 0 Å². The molecule has 0 aliphatic heterocycles. The third-order valence-corrected chi connectivity index (χ3v) is 3.94. The van der Waals surface area contributed by atoms with E-state index in [0.717, 1.165) is 16.7 Å². The minimum absolute atomic E-state index is 0.821. The highest BCUT2D eigenvalue weighted by molar-refractivity contribution is 9.09. The van der Waals surface area contributed by atoms with Crippen molar-refractivity contribution < 1.29 is 0 Å². The molecule has 2 aliphatic rings. The van der Waals surface area contributed by atoms with E-state index in [1.54, 1.807) is 0 Å². The summed E-state index contributed by atoms with van der Waals surface area (Å²) in [6.07, 6.45) is 10.4. The predicted octanol–water partition coefficient (Wildman–Crippen LogP) is 3.13. The Labute approximate surface area is 70.8 Å². The molecule has 10 heavy (non-hydrogen) atoms. The lowest BCUT2D eigenvalue weighted by atomic mass is 10.1. The average Bonchev–Trinajstić information content (AvgIpc) is 2.39. The zero-order valence-corrected chi connectivity index (χ0v) is 7.68. The smallest absolute Gasteiger partial charge is 0.0245 e. The number of fused-ring (bicyclic) bond motifs is 1. The molecular weight excluding hydrogens is 188 g/mol. The van der Waals surface area contributed by atoms with Crippen LogP contribution in [0.4, 0.5) is 0 Å². The van der Waals surface area contributed by atoms with E-state index in [1.165, 1.54) is 25.7 Å². The van der Waals surface area contributed by atoms with Gasteiger partial charge in [-0.15, -0.1) is 0 Å². The summed E-state index contributed by atoms with van der Waals surface area (Å²) in [6, 6.07) is 0. The summed E-state index contributed by atoms with van der Waals surface area (Å²) >= 11 is 3.69. The third-order valence-electron chi connectivity index (χ3n) is 2.65. The Hall–Kier alpha value is 0.220. The molecule has 0 N–H and O–H groups in total. The number of hydrogen-bond acceptors (Lipinski definition) is 0. The molecule has 2 aliphatic carbocycles. The van der Waals surface area contributed by atoms with Gasteiger partial charge in [0, 0.05) is 4.83 Å². The van der Waals surface area contributed by atoms with Crippen LogP contribution in [0, 0.1) is 11.8 Å². The quantitative estimate of drug-likeness (QED) is 0.417. The molecule has 1 heteroatoms. The van der Waals surface area contributed by atoms with Gasteiger partial charge in [-0.05, 0) is 31.1 Å². The maximum atomic E-state index is 3.69. The molecule has 56 valence electrons. The molecule has 0 heterocycles. The SMILES string of the molecule is Br[C@H]1[C@@H]2/C=C\CCCC[C@H]12. The van der Waals surface area contributed by atoms with E-state index in [0.29, 0.717) is 0 Å². The summed E-state index contributed by atoms with van der Waals surface area (Å²) < 4.78 is 0. The lowest BCUT2D eigenvalue weighted by Gasteiger charge is -1.99. The molecule has 0 amide bonds. The fraction of sp³-hybridized carbons (Fsp3) is 0.778. The summed E-state index contributed by atoms with van der Waals surface area (Å²) in [6.45, 7) is 0. The van der Waals surface area contributed by atoms with Crippen molar-refractivity contribution in [2.45, 2.75) is 30.5 Å². The summed E-state index contributed by atoms with van der Waals surface area (Å²) in [5.74, 6) is 1.87. The van der Waals surface area contributed by atoms with Gasteiger partial charge >= 0.3 is 0 Å². The van der Waals surface area contributed by atoms with E-state index in [1.807, 2.05) is 0 Å². The van der Waals surface area contributed by atoms with E-state index in [9.17, 15) is 0 Å². The number of hydrogen-bond donors (Lipinski definition) is 0. The molecule has 0 spiro atoms. The van der Waals surface area contributed by atoms with Crippen LogP contribution in [0.2, 0.25) is 0 Å². The van der Waals surface area contributed by atoms with Gasteiger partial charge in [-0.25, -0.2) is 0 Å². The highest BCUT2D eigenvalue weighted by Crippen LogP contribution is 2.50. The largest absolute Gasteiger partial charge is 0.0882 e. The second-order valence-corrected chi connectivity index (χ2v) is 4.46. The first-order valence-electron chi connectivity index (χ1n) is 4.20. The second kappa shape index (κ2) is 2.69. The molecule has 1 fully saturated rings. The Balaban J connectivity index is 1.99. The molecule has 0 bridgehead atoms. The summed E-state index contributed by atoms with van der Waals surface area (Å²) in [5, 5.41) is 0. The molecule has 2 rings (SSSR count). The number of allylic oxidation sites excluding steroid dienone is 2. The highest BCUT2D eigenvalue weighted by atomic mass is 79.9. The van der Waals surface area contributed by atoms with Crippen LogP contribution in [0.3, 0.4) is 0 Å². The predicted molar refractivity (Wildman–Crippen MR) is 47.3 cm³/mol. The summed E-state index contributed by atoms with van der Waals surface area (Å²) in [7, 11) is 0. The Morgan fingerprint density at radius 2 is 2.20 bits per heavy atom. The van der Waals surface area contributed by atoms with Crippen molar-refractivity contribution in [2.24, 2.45) is 11.8 Å². The average molecular weight is 201 g/mol. The van der Waals surface area contributed by atoms with Crippen molar-refractivity contribution in [2.75, 3.05) is 0 Å². The Morgan fingerprint density at radius 1 is 1.30 bits per heavy atom. The maximum absolute atomic E-state index is 3.69. The molecule has 0 aromatic rings. The van der Waals surface area contributed by atoms with Gasteiger partial charge in [0.15, 0.2) is 0 Å². The minimum Gasteiger partial charge on any atom is -0.0882 e. The van der Waals surface area contributed by atoms with Crippen LogP contribution in [0.1, 0.15) is 25.7 Å². The van der Waals surface area contributed by atoms with Crippen molar-refractivity contribution in [3.05, 3.63) is 12.2 Å². The Morgan fingerprint density at radius 3 is 3.10 bits per heavy atom. The van der Waals surface area contributed by atoms with Crippen LogP contribution < -0.4 is 0 Å². The highest BCUT2D eigenvalue weighted by Gasteiger charge is 2.45. The number of halogens is 1. The molecule has 0 unspecified atom stereocenters. The summed E-state index contributed by atoms with van der Waals surface area (Å²) in [4.78, 5) is 0.821. The minimum atomic E-state index is 0.821. The van der Waals surface area contributed by atoms with Crippen LogP contribution in [0.25, 0.3) is 0 Å². The standard InChI is InChI=1S/C9H13Br/c10-9-7-5-3-1-2-4-6-8(7)9/h3,5,7-9H,1-2,4,6H2/b5-3-/t7-,8+,9+/m1/s1. The lowest BCUT2D eigenvalue weighted by Crippen LogP contribution is -1.84. The number of alkyl halides is 1. The zero-order chi connectivity index (χ0) is 6.97. The van der Waals surface area contributed by atoms with Crippen LogP contribution in [-0.4, -0.2) is 4.83 Å². The topological polar surface area (TPSA) is 0 Å². The molecule has 3 atom stereocenters. The fourth-order valence-electron chi connectivity index (χ4n) is 1.85. The molecule has 0 nitrogen and oxygen atoms in total. The zero-order valence-electron chi connectivity index (χ0n) is 6.09. The Kier molecular flexibility index (Phi) is 1.86. The molecule has 0 aromatic carbocycles. The lowest BCUT2D eigenvalue weighted by molar-refractivity contribution is 0.606. The Bertz CT molecular complexity index is 151. The van der Waals surface area contributed by atoms with Gasteiger partial charge < -0.3 is 0 Å². The van der Waals surface area contributed by atoms with Gasteiger partial charge in [0.25, 0.3) is 0 Å².